The van der Waals surface area contributed by atoms with E-state index in [-0.39, 0.29) is 36.6 Å². The molecule has 0 heterocycles. The summed E-state index contributed by atoms with van der Waals surface area (Å²) in [6.45, 7) is 5.46. The average Bonchev–Trinajstić information content (AvgIpc) is 2.47. The van der Waals surface area contributed by atoms with Crippen LogP contribution in [0.2, 0.25) is 0 Å². The largest absolute Gasteiger partial charge is 0.478 e. The standard InChI is InChI=1S/C14H22O7P2/c1-4-19-22(17,11-23(18,20-5-2)21-6-3)13-9-7-12(8-10-13)14(15)16/h7-10H,4-6,11H2,1-3H3,(H,15,16). The van der Waals surface area contributed by atoms with E-state index in [1.54, 1.807) is 20.8 Å². The summed E-state index contributed by atoms with van der Waals surface area (Å²) in [5, 5.41) is 9.20. The van der Waals surface area contributed by atoms with Gasteiger partial charge in [-0.15, -0.1) is 0 Å². The fourth-order valence-electron chi connectivity index (χ4n) is 1.98. The van der Waals surface area contributed by atoms with Crippen LogP contribution in [0.1, 0.15) is 31.1 Å². The van der Waals surface area contributed by atoms with Crippen molar-refractivity contribution in [1.82, 2.24) is 0 Å². The molecule has 0 aliphatic carbocycles. The third kappa shape index (κ3) is 5.55. The predicted molar refractivity (Wildman–Crippen MR) is 88.0 cm³/mol. The van der Waals surface area contributed by atoms with Crippen LogP contribution < -0.4 is 5.30 Å². The Hall–Kier alpha value is -0.970. The molecule has 1 aromatic rings. The van der Waals surface area contributed by atoms with Gasteiger partial charge in [0.1, 0.15) is 5.90 Å². The second-order valence-electron chi connectivity index (χ2n) is 4.53. The van der Waals surface area contributed by atoms with Crippen LogP contribution in [0.4, 0.5) is 0 Å². The number of benzene rings is 1. The van der Waals surface area contributed by atoms with Crippen LogP contribution in [0.15, 0.2) is 24.3 Å². The fourth-order valence-corrected chi connectivity index (χ4v) is 7.46. The summed E-state index contributed by atoms with van der Waals surface area (Å²) in [5.41, 5.74) is 0.0644. The molecule has 7 nitrogen and oxygen atoms in total. The van der Waals surface area contributed by atoms with E-state index in [0.29, 0.717) is 0 Å². The minimum absolute atomic E-state index is 0.0644. The molecular formula is C14H22O7P2. The van der Waals surface area contributed by atoms with Crippen molar-refractivity contribution in [2.75, 3.05) is 25.7 Å². The molecule has 23 heavy (non-hydrogen) atoms. The van der Waals surface area contributed by atoms with E-state index in [1.165, 1.54) is 24.3 Å². The lowest BCUT2D eigenvalue weighted by atomic mass is 10.2. The van der Waals surface area contributed by atoms with Gasteiger partial charge in [-0.1, -0.05) is 0 Å². The SMILES string of the molecule is CCOP(=O)(CP(=O)(OCC)c1ccc(C(=O)O)cc1)OCC. The van der Waals surface area contributed by atoms with Gasteiger partial charge in [0.25, 0.3) is 0 Å². The fraction of sp³-hybridized carbons (Fsp3) is 0.500. The molecule has 130 valence electrons. The Labute approximate surface area is 135 Å². The number of hydrogen-bond donors (Lipinski definition) is 1. The topological polar surface area (TPSA) is 99.1 Å². The molecule has 9 heteroatoms. The molecule has 1 rings (SSSR count). The van der Waals surface area contributed by atoms with Crippen LogP contribution in [0, 0.1) is 0 Å². The molecule has 0 saturated carbocycles. The smallest absolute Gasteiger partial charge is 0.340 e. The van der Waals surface area contributed by atoms with Gasteiger partial charge in [0.2, 0.25) is 7.37 Å². The molecule has 0 saturated heterocycles. The van der Waals surface area contributed by atoms with E-state index in [9.17, 15) is 13.9 Å². The molecule has 0 aliphatic heterocycles. The lowest BCUT2D eigenvalue weighted by molar-refractivity contribution is 0.0697. The van der Waals surface area contributed by atoms with E-state index in [2.05, 4.69) is 0 Å². The van der Waals surface area contributed by atoms with Crippen molar-refractivity contribution in [2.45, 2.75) is 20.8 Å². The quantitative estimate of drug-likeness (QED) is 0.634. The Morgan fingerprint density at radius 2 is 1.43 bits per heavy atom. The number of rotatable bonds is 10. The van der Waals surface area contributed by atoms with Gasteiger partial charge in [0, 0.05) is 5.30 Å². The van der Waals surface area contributed by atoms with Gasteiger partial charge >= 0.3 is 13.6 Å². The van der Waals surface area contributed by atoms with Crippen molar-refractivity contribution in [3.05, 3.63) is 29.8 Å². The Morgan fingerprint density at radius 3 is 1.83 bits per heavy atom. The molecule has 0 fully saturated rings. The molecule has 0 spiro atoms. The van der Waals surface area contributed by atoms with E-state index in [4.69, 9.17) is 18.7 Å². The maximum atomic E-state index is 13.2. The van der Waals surface area contributed by atoms with Crippen molar-refractivity contribution in [2.24, 2.45) is 0 Å². The lowest BCUT2D eigenvalue weighted by Crippen LogP contribution is -2.13. The van der Waals surface area contributed by atoms with Crippen LogP contribution in [0.25, 0.3) is 0 Å². The number of carbonyl (C=O) groups is 1. The van der Waals surface area contributed by atoms with Gasteiger partial charge in [-0.25, -0.2) is 4.79 Å². The first-order valence-corrected chi connectivity index (χ1v) is 10.8. The molecule has 0 aromatic heterocycles. The Balaban J connectivity index is 3.17. The van der Waals surface area contributed by atoms with E-state index in [0.717, 1.165) is 0 Å². The molecule has 0 amide bonds. The van der Waals surface area contributed by atoms with Gasteiger partial charge in [-0.2, -0.15) is 0 Å². The zero-order chi connectivity index (χ0) is 17.5. The van der Waals surface area contributed by atoms with Gasteiger partial charge in [-0.3, -0.25) is 9.13 Å². The first-order chi connectivity index (χ1) is 10.8. The van der Waals surface area contributed by atoms with Crippen molar-refractivity contribution >= 4 is 26.2 Å². The highest BCUT2D eigenvalue weighted by Crippen LogP contribution is 2.62. The Kier molecular flexibility index (Phi) is 7.65. The summed E-state index contributed by atoms with van der Waals surface area (Å²) in [5.74, 6) is -1.47. The van der Waals surface area contributed by atoms with Gasteiger partial charge < -0.3 is 18.7 Å². The van der Waals surface area contributed by atoms with Crippen LogP contribution in [0.3, 0.4) is 0 Å². The summed E-state index contributed by atoms with van der Waals surface area (Å²) in [6.07, 6.45) is 0. The summed E-state index contributed by atoms with van der Waals surface area (Å²) in [7, 11) is -7.08. The highest BCUT2D eigenvalue weighted by molar-refractivity contribution is 7.78. The minimum atomic E-state index is -3.57. The first kappa shape index (κ1) is 20.1. The Bertz CT molecular complexity index is 602. The minimum Gasteiger partial charge on any atom is -0.478 e. The average molecular weight is 364 g/mol. The number of hydrogen-bond acceptors (Lipinski definition) is 6. The van der Waals surface area contributed by atoms with Crippen LogP contribution in [-0.2, 0) is 22.7 Å². The Morgan fingerprint density at radius 1 is 0.957 bits per heavy atom. The summed E-state index contributed by atoms with van der Waals surface area (Å²) in [6, 6.07) is 5.47. The summed E-state index contributed by atoms with van der Waals surface area (Å²) in [4.78, 5) is 10.9. The molecular weight excluding hydrogens is 342 g/mol. The zero-order valence-corrected chi connectivity index (χ0v) is 15.2. The van der Waals surface area contributed by atoms with Gasteiger partial charge in [0.05, 0.1) is 25.4 Å². The van der Waals surface area contributed by atoms with Crippen LogP contribution in [-0.4, -0.2) is 36.8 Å². The number of carboxylic acids is 1. The first-order valence-electron chi connectivity index (χ1n) is 7.26. The highest BCUT2D eigenvalue weighted by Gasteiger charge is 2.38. The molecule has 0 radical (unpaired) electrons. The molecule has 1 unspecified atom stereocenters. The van der Waals surface area contributed by atoms with Gasteiger partial charge in [-0.05, 0) is 45.0 Å². The number of carboxylic acid groups (broad SMARTS) is 1. The normalized spacial score (nSPS) is 14.4. The van der Waals surface area contributed by atoms with E-state index < -0.39 is 20.9 Å². The van der Waals surface area contributed by atoms with Gasteiger partial charge in [0.15, 0.2) is 0 Å². The lowest BCUT2D eigenvalue weighted by Gasteiger charge is -2.23. The number of aromatic carboxylic acids is 1. The maximum absolute atomic E-state index is 13.2. The van der Waals surface area contributed by atoms with Crippen LogP contribution in [0.5, 0.6) is 0 Å². The second kappa shape index (κ2) is 8.76. The van der Waals surface area contributed by atoms with Crippen molar-refractivity contribution in [3.8, 4) is 0 Å². The maximum Gasteiger partial charge on any atom is 0.340 e. The third-order valence-electron chi connectivity index (χ3n) is 2.86. The third-order valence-corrected chi connectivity index (χ3v) is 8.79. The van der Waals surface area contributed by atoms with Crippen molar-refractivity contribution in [1.29, 1.82) is 0 Å². The van der Waals surface area contributed by atoms with Crippen molar-refractivity contribution < 1.29 is 32.6 Å². The second-order valence-corrected chi connectivity index (χ2v) is 9.52. The molecule has 1 atom stereocenters. The summed E-state index contributed by atoms with van der Waals surface area (Å²) < 4.78 is 41.6. The molecule has 1 N–H and O–H groups in total. The molecule has 0 aliphatic rings. The highest BCUT2D eigenvalue weighted by atomic mass is 31.2. The monoisotopic (exact) mass is 364 g/mol. The van der Waals surface area contributed by atoms with E-state index in [1.807, 2.05) is 0 Å². The molecule has 1 aromatic carbocycles. The molecule has 0 bridgehead atoms. The van der Waals surface area contributed by atoms with Crippen LogP contribution >= 0.6 is 15.0 Å². The summed E-state index contributed by atoms with van der Waals surface area (Å²) >= 11 is 0. The predicted octanol–water partition coefficient (Wildman–Crippen LogP) is 3.55. The zero-order valence-electron chi connectivity index (χ0n) is 13.4. The van der Waals surface area contributed by atoms with E-state index >= 15 is 0 Å². The van der Waals surface area contributed by atoms with Crippen molar-refractivity contribution in [3.63, 3.8) is 0 Å².